The number of pyridine rings is 1. The van der Waals surface area contributed by atoms with E-state index in [1.807, 2.05) is 12.1 Å². The Bertz CT molecular complexity index is 2640. The molecule has 0 amide bonds. The molecule has 6 aromatic carbocycles. The number of rotatable bonds is 6. The van der Waals surface area contributed by atoms with Gasteiger partial charge in [-0.1, -0.05) is 115 Å². The Labute approximate surface area is 310 Å². The summed E-state index contributed by atoms with van der Waals surface area (Å²) >= 11 is 0. The molecule has 0 spiro atoms. The van der Waals surface area contributed by atoms with Gasteiger partial charge in [0, 0.05) is 32.3 Å². The third-order valence-electron chi connectivity index (χ3n) is 10.6. The first-order valence-electron chi connectivity index (χ1n) is 19.4. The first kappa shape index (κ1) is 28.6. The van der Waals surface area contributed by atoms with Crippen molar-refractivity contribution in [3.05, 3.63) is 198 Å². The Morgan fingerprint density at radius 3 is 1.92 bits per heavy atom. The zero-order chi connectivity index (χ0) is 38.0. The van der Waals surface area contributed by atoms with E-state index in [-0.39, 0.29) is 11.1 Å². The van der Waals surface area contributed by atoms with E-state index in [1.165, 1.54) is 11.4 Å². The van der Waals surface area contributed by atoms with Crippen LogP contribution in [0.25, 0.3) is 27.6 Å². The predicted octanol–water partition coefficient (Wildman–Crippen LogP) is 11.6. The molecule has 254 valence electrons. The van der Waals surface area contributed by atoms with Crippen LogP contribution in [0, 0.1) is 6.85 Å². The van der Waals surface area contributed by atoms with Gasteiger partial charge in [-0.3, -0.25) is 4.57 Å². The van der Waals surface area contributed by atoms with Crippen LogP contribution in [0.1, 0.15) is 52.7 Å². The Kier molecular flexibility index (Phi) is 6.74. The van der Waals surface area contributed by atoms with E-state index >= 15 is 0 Å². The van der Waals surface area contributed by atoms with Crippen LogP contribution in [-0.4, -0.2) is 21.8 Å². The van der Waals surface area contributed by atoms with Crippen LogP contribution in [0.2, 0.25) is 0 Å². The maximum atomic E-state index is 8.17. The number of aromatic nitrogens is 2. The van der Waals surface area contributed by atoms with Gasteiger partial charge in [-0.15, -0.1) is 0 Å². The van der Waals surface area contributed by atoms with E-state index < -0.39 is 12.3 Å². The highest BCUT2D eigenvalue weighted by molar-refractivity contribution is 6.09. The van der Waals surface area contributed by atoms with Gasteiger partial charge < -0.3 is 9.80 Å². The number of para-hydroxylation sites is 3. The monoisotopic (exact) mass is 677 g/mol. The van der Waals surface area contributed by atoms with Crippen LogP contribution in [0.3, 0.4) is 0 Å². The number of anilines is 3. The number of fused-ring (bicyclic) bond motifs is 4. The molecule has 4 heteroatoms. The van der Waals surface area contributed by atoms with Crippen molar-refractivity contribution in [3.63, 3.8) is 0 Å². The Morgan fingerprint density at radius 2 is 1.19 bits per heavy atom. The Hall–Kier alpha value is -6.13. The van der Waals surface area contributed by atoms with Gasteiger partial charge in [0.2, 0.25) is 0 Å². The molecule has 0 radical (unpaired) electrons. The molecule has 0 saturated heterocycles. The second kappa shape index (κ2) is 12.3. The van der Waals surface area contributed by atoms with Crippen LogP contribution in [0.4, 0.5) is 17.1 Å². The van der Waals surface area contributed by atoms with Gasteiger partial charge in [-0.2, -0.15) is 0 Å². The molecule has 0 atom stereocenters. The zero-order valence-electron chi connectivity index (χ0n) is 32.7. The Morgan fingerprint density at radius 1 is 0.558 bits per heavy atom. The molecule has 4 nitrogen and oxygen atoms in total. The standard InChI is InChI=1S/C48H42N4/c1-34-28-29-49-46(30-34)52-42-23-12-11-22-40(42)41-27-26-38(32-45(41)52)48(35-16-7-5-8-17-35,36-18-9-6-10-19-36)37-20-15-21-39(31-37)50-33-51(47(2,3)4)44-25-14-13-24-43(44)50/h5-32H,33H2,1-4H3/i1D3. The van der Waals surface area contributed by atoms with Crippen LogP contribution in [0.5, 0.6) is 0 Å². The summed E-state index contributed by atoms with van der Waals surface area (Å²) in [6.45, 7) is 5.28. The van der Waals surface area contributed by atoms with E-state index in [4.69, 9.17) is 9.10 Å². The molecular formula is C48H42N4. The van der Waals surface area contributed by atoms with Gasteiger partial charge in [-0.05, 0) is 104 Å². The SMILES string of the molecule is [2H]C([2H])([2H])c1ccnc(-n2c3ccccc3c3ccc(C(c4ccccc4)(c4ccccc4)c4cccc(N5CN(C(C)(C)C)c6ccccc65)c4)cc32)c1. The van der Waals surface area contributed by atoms with E-state index in [9.17, 15) is 0 Å². The van der Waals surface area contributed by atoms with Crippen molar-refractivity contribution in [2.24, 2.45) is 0 Å². The summed E-state index contributed by atoms with van der Waals surface area (Å²) in [6.07, 6.45) is 1.60. The quantitative estimate of drug-likeness (QED) is 0.164. The summed E-state index contributed by atoms with van der Waals surface area (Å²) < 4.78 is 26.6. The van der Waals surface area contributed by atoms with Gasteiger partial charge >= 0.3 is 0 Å². The van der Waals surface area contributed by atoms with E-state index in [0.717, 1.165) is 56.4 Å². The molecule has 8 aromatic rings. The zero-order valence-corrected chi connectivity index (χ0v) is 29.7. The molecule has 0 fully saturated rings. The fraction of sp³-hybridized carbons (Fsp3) is 0.146. The topological polar surface area (TPSA) is 24.3 Å². The van der Waals surface area contributed by atoms with Crippen LogP contribution >= 0.6 is 0 Å². The molecule has 0 saturated carbocycles. The van der Waals surface area contributed by atoms with Crippen LogP contribution in [0.15, 0.2) is 170 Å². The average Bonchev–Trinajstić information content (AvgIpc) is 3.76. The molecule has 0 aliphatic carbocycles. The number of hydrogen-bond donors (Lipinski definition) is 0. The lowest BCUT2D eigenvalue weighted by Gasteiger charge is -2.38. The van der Waals surface area contributed by atoms with Crippen molar-refractivity contribution in [2.75, 3.05) is 16.5 Å². The number of benzene rings is 6. The Balaban J connectivity index is 1.33. The third kappa shape index (κ3) is 5.01. The lowest BCUT2D eigenvalue weighted by Crippen LogP contribution is -2.42. The summed E-state index contributed by atoms with van der Waals surface area (Å²) in [5, 5.41) is 2.15. The minimum Gasteiger partial charge on any atom is -0.347 e. The van der Waals surface area contributed by atoms with Gasteiger partial charge in [-0.25, -0.2) is 4.98 Å². The van der Waals surface area contributed by atoms with Crippen LogP contribution in [-0.2, 0) is 5.41 Å². The fourth-order valence-electron chi connectivity index (χ4n) is 8.28. The molecule has 1 aliphatic rings. The molecule has 0 bridgehead atoms. The minimum absolute atomic E-state index is 0.0635. The number of nitrogens with zero attached hydrogens (tertiary/aromatic N) is 4. The summed E-state index contributed by atoms with van der Waals surface area (Å²) in [6, 6.07) is 57.6. The molecular weight excluding hydrogens is 633 g/mol. The van der Waals surface area contributed by atoms with Gasteiger partial charge in [0.15, 0.2) is 0 Å². The van der Waals surface area contributed by atoms with Crippen molar-refractivity contribution in [1.82, 2.24) is 9.55 Å². The second-order valence-electron chi connectivity index (χ2n) is 14.7. The maximum Gasteiger partial charge on any atom is 0.137 e. The molecule has 0 unspecified atom stereocenters. The van der Waals surface area contributed by atoms with E-state index in [0.29, 0.717) is 5.82 Å². The van der Waals surface area contributed by atoms with Crippen molar-refractivity contribution >= 4 is 38.9 Å². The molecule has 1 aliphatic heterocycles. The minimum atomic E-state index is -2.26. The summed E-state index contributed by atoms with van der Waals surface area (Å²) in [7, 11) is 0. The lowest BCUT2D eigenvalue weighted by atomic mass is 9.65. The lowest BCUT2D eigenvalue weighted by molar-refractivity contribution is 0.518. The van der Waals surface area contributed by atoms with E-state index in [2.05, 4.69) is 175 Å². The number of hydrogen-bond acceptors (Lipinski definition) is 3. The smallest absolute Gasteiger partial charge is 0.137 e. The largest absolute Gasteiger partial charge is 0.347 e. The fourth-order valence-corrected chi connectivity index (χ4v) is 8.28. The van der Waals surface area contributed by atoms with Crippen molar-refractivity contribution < 1.29 is 4.11 Å². The summed E-state index contributed by atoms with van der Waals surface area (Å²) in [5.74, 6) is 0.570. The highest BCUT2D eigenvalue weighted by Gasteiger charge is 2.40. The molecule has 0 N–H and O–H groups in total. The highest BCUT2D eigenvalue weighted by Crippen LogP contribution is 2.49. The number of aryl methyl sites for hydroxylation is 1. The normalized spacial score (nSPS) is 14.3. The van der Waals surface area contributed by atoms with E-state index in [1.54, 1.807) is 18.3 Å². The molecule has 2 aromatic heterocycles. The predicted molar refractivity (Wildman–Crippen MR) is 217 cm³/mol. The first-order valence-corrected chi connectivity index (χ1v) is 17.9. The third-order valence-corrected chi connectivity index (χ3v) is 10.6. The van der Waals surface area contributed by atoms with Gasteiger partial charge in [0.25, 0.3) is 0 Å². The van der Waals surface area contributed by atoms with Crippen molar-refractivity contribution in [3.8, 4) is 5.82 Å². The van der Waals surface area contributed by atoms with Crippen molar-refractivity contribution in [1.29, 1.82) is 0 Å². The summed E-state index contributed by atoms with van der Waals surface area (Å²) in [5.41, 5.74) is 9.43. The van der Waals surface area contributed by atoms with Gasteiger partial charge in [0.05, 0.1) is 34.5 Å². The average molecular weight is 678 g/mol. The first-order chi connectivity index (χ1) is 26.5. The van der Waals surface area contributed by atoms with Crippen molar-refractivity contribution in [2.45, 2.75) is 38.6 Å². The molecule has 3 heterocycles. The van der Waals surface area contributed by atoms with Crippen LogP contribution < -0.4 is 9.80 Å². The molecule has 9 rings (SSSR count). The summed E-state index contributed by atoms with van der Waals surface area (Å²) in [4.78, 5) is 9.66. The second-order valence-corrected chi connectivity index (χ2v) is 14.7. The molecule has 52 heavy (non-hydrogen) atoms. The highest BCUT2D eigenvalue weighted by atomic mass is 15.4. The maximum absolute atomic E-state index is 8.17. The van der Waals surface area contributed by atoms with Gasteiger partial charge in [0.1, 0.15) is 5.82 Å².